The Morgan fingerprint density at radius 3 is 2.79 bits per heavy atom. The van der Waals surface area contributed by atoms with Crippen molar-refractivity contribution in [3.8, 4) is 5.75 Å². The molecule has 2 rings (SSSR count). The van der Waals surface area contributed by atoms with Crippen molar-refractivity contribution in [1.82, 2.24) is 10.6 Å². The Hall–Kier alpha value is -1.69. The summed E-state index contributed by atoms with van der Waals surface area (Å²) in [6.45, 7) is 0.340. The Morgan fingerprint density at radius 1 is 1.47 bits per heavy atom. The van der Waals surface area contributed by atoms with Crippen LogP contribution < -0.4 is 15.4 Å². The molecule has 4 nitrogen and oxygen atoms in total. The number of carbonyl (C=O) groups is 1. The molecule has 1 heterocycles. The summed E-state index contributed by atoms with van der Waals surface area (Å²) in [6, 6.07) is 6.12. The lowest BCUT2D eigenvalue weighted by Gasteiger charge is -2.27. The van der Waals surface area contributed by atoms with Crippen molar-refractivity contribution in [2.24, 2.45) is 5.92 Å². The Bertz CT molecular complexity index is 450. The maximum absolute atomic E-state index is 12.1. The van der Waals surface area contributed by atoms with Gasteiger partial charge in [-0.15, -0.1) is 0 Å². The quantitative estimate of drug-likeness (QED) is 0.856. The zero-order valence-electron chi connectivity index (χ0n) is 10.5. The first-order chi connectivity index (χ1) is 9.06. The van der Waals surface area contributed by atoms with Gasteiger partial charge in [0.25, 0.3) is 0 Å². The van der Waals surface area contributed by atoms with Crippen LogP contribution in [0.5, 0.6) is 5.75 Å². The summed E-state index contributed by atoms with van der Waals surface area (Å²) >= 11 is 0. The minimum Gasteiger partial charge on any atom is -0.435 e. The Labute approximate surface area is 110 Å². The molecule has 1 amide bonds. The third-order valence-electron chi connectivity index (χ3n) is 3.09. The molecule has 0 aliphatic carbocycles. The second-order valence-electron chi connectivity index (χ2n) is 4.54. The number of carbonyl (C=O) groups excluding carboxylic acids is 1. The molecule has 104 valence electrons. The van der Waals surface area contributed by atoms with Gasteiger partial charge in [-0.3, -0.25) is 4.79 Å². The number of hydrogen-bond donors (Lipinski definition) is 2. The van der Waals surface area contributed by atoms with Crippen LogP contribution in [0.4, 0.5) is 8.78 Å². The van der Waals surface area contributed by atoms with Crippen LogP contribution in [-0.4, -0.2) is 25.6 Å². The van der Waals surface area contributed by atoms with E-state index in [4.69, 9.17) is 0 Å². The molecule has 0 saturated carbocycles. The maximum Gasteiger partial charge on any atom is 0.387 e. The molecule has 1 aromatic carbocycles. The van der Waals surface area contributed by atoms with Gasteiger partial charge in [0.2, 0.25) is 5.91 Å². The van der Waals surface area contributed by atoms with E-state index in [2.05, 4.69) is 15.4 Å². The van der Waals surface area contributed by atoms with Crippen molar-refractivity contribution in [2.75, 3.05) is 13.1 Å². The maximum atomic E-state index is 12.1. The lowest BCUT2D eigenvalue weighted by molar-refractivity contribution is -0.127. The van der Waals surface area contributed by atoms with Crippen LogP contribution in [0, 0.1) is 5.92 Å². The third kappa shape index (κ3) is 3.64. The van der Waals surface area contributed by atoms with E-state index in [0.29, 0.717) is 13.1 Å². The zero-order valence-corrected chi connectivity index (χ0v) is 10.5. The smallest absolute Gasteiger partial charge is 0.387 e. The van der Waals surface area contributed by atoms with Gasteiger partial charge in [-0.2, -0.15) is 8.78 Å². The SMILES string of the molecule is CC(NC(=O)C1CNC1)c1cccc(OC(F)F)c1. The van der Waals surface area contributed by atoms with Gasteiger partial charge in [0.1, 0.15) is 5.75 Å². The van der Waals surface area contributed by atoms with E-state index in [1.165, 1.54) is 12.1 Å². The average molecular weight is 270 g/mol. The number of amides is 1. The van der Waals surface area contributed by atoms with E-state index < -0.39 is 6.61 Å². The van der Waals surface area contributed by atoms with Crippen LogP contribution in [0.1, 0.15) is 18.5 Å². The first kappa shape index (κ1) is 13.7. The fourth-order valence-electron chi connectivity index (χ4n) is 1.85. The van der Waals surface area contributed by atoms with Crippen molar-refractivity contribution in [3.05, 3.63) is 29.8 Å². The molecule has 0 radical (unpaired) electrons. The molecule has 0 aromatic heterocycles. The molecular weight excluding hydrogens is 254 g/mol. The Kier molecular flexibility index (Phi) is 4.31. The summed E-state index contributed by atoms with van der Waals surface area (Å²) in [5, 5.41) is 5.88. The van der Waals surface area contributed by atoms with Gasteiger partial charge < -0.3 is 15.4 Å². The zero-order chi connectivity index (χ0) is 13.8. The van der Waals surface area contributed by atoms with E-state index in [-0.39, 0.29) is 23.6 Å². The predicted octanol–water partition coefficient (Wildman–Crippen LogP) is 1.68. The number of halogens is 2. The number of benzene rings is 1. The van der Waals surface area contributed by atoms with E-state index in [1.807, 2.05) is 6.92 Å². The molecule has 19 heavy (non-hydrogen) atoms. The van der Waals surface area contributed by atoms with Gasteiger partial charge in [-0.25, -0.2) is 0 Å². The summed E-state index contributed by atoms with van der Waals surface area (Å²) in [5.41, 5.74) is 0.735. The first-order valence-electron chi connectivity index (χ1n) is 6.12. The number of nitrogens with one attached hydrogen (secondary N) is 2. The van der Waals surface area contributed by atoms with E-state index in [9.17, 15) is 13.6 Å². The van der Waals surface area contributed by atoms with Crippen LogP contribution in [-0.2, 0) is 4.79 Å². The molecule has 1 aromatic rings. The first-order valence-corrected chi connectivity index (χ1v) is 6.12. The molecule has 1 fully saturated rings. The topological polar surface area (TPSA) is 50.4 Å². The second-order valence-corrected chi connectivity index (χ2v) is 4.54. The lowest BCUT2D eigenvalue weighted by Crippen LogP contribution is -2.51. The highest BCUT2D eigenvalue weighted by atomic mass is 19.3. The van der Waals surface area contributed by atoms with Crippen molar-refractivity contribution >= 4 is 5.91 Å². The van der Waals surface area contributed by atoms with Crippen LogP contribution in [0.3, 0.4) is 0 Å². The fraction of sp³-hybridized carbons (Fsp3) is 0.462. The van der Waals surface area contributed by atoms with Crippen molar-refractivity contribution in [1.29, 1.82) is 0 Å². The summed E-state index contributed by atoms with van der Waals surface area (Å²) in [6.07, 6.45) is 0. The molecule has 0 spiro atoms. The molecule has 6 heteroatoms. The number of alkyl halides is 2. The van der Waals surface area contributed by atoms with Crippen molar-refractivity contribution < 1.29 is 18.3 Å². The van der Waals surface area contributed by atoms with Gasteiger partial charge >= 0.3 is 6.61 Å². The predicted molar refractivity (Wildman–Crippen MR) is 66.0 cm³/mol. The molecule has 1 atom stereocenters. The van der Waals surface area contributed by atoms with Crippen LogP contribution in [0.2, 0.25) is 0 Å². The van der Waals surface area contributed by atoms with E-state index >= 15 is 0 Å². The van der Waals surface area contributed by atoms with Gasteiger partial charge in [0, 0.05) is 13.1 Å². The third-order valence-corrected chi connectivity index (χ3v) is 3.09. The molecule has 0 bridgehead atoms. The number of ether oxygens (including phenoxy) is 1. The fourth-order valence-corrected chi connectivity index (χ4v) is 1.85. The molecule has 1 unspecified atom stereocenters. The van der Waals surface area contributed by atoms with Gasteiger partial charge in [-0.05, 0) is 24.6 Å². The van der Waals surface area contributed by atoms with Crippen molar-refractivity contribution in [3.63, 3.8) is 0 Å². The Morgan fingerprint density at radius 2 is 2.21 bits per heavy atom. The molecule has 1 aliphatic rings. The van der Waals surface area contributed by atoms with E-state index in [0.717, 1.165) is 5.56 Å². The van der Waals surface area contributed by atoms with Crippen LogP contribution in [0.25, 0.3) is 0 Å². The van der Waals surface area contributed by atoms with Gasteiger partial charge in [0.15, 0.2) is 0 Å². The second kappa shape index (κ2) is 5.97. The molecule has 1 saturated heterocycles. The highest BCUT2D eigenvalue weighted by molar-refractivity contribution is 5.80. The van der Waals surface area contributed by atoms with E-state index in [1.54, 1.807) is 12.1 Å². The molecule has 2 N–H and O–H groups in total. The Balaban J connectivity index is 1.97. The lowest BCUT2D eigenvalue weighted by atomic mass is 10.0. The molecular formula is C13H16F2N2O2. The number of rotatable bonds is 5. The minimum atomic E-state index is -2.85. The summed E-state index contributed by atoms with van der Waals surface area (Å²) < 4.78 is 28.6. The van der Waals surface area contributed by atoms with Crippen LogP contribution in [0.15, 0.2) is 24.3 Å². The summed E-state index contributed by atoms with van der Waals surface area (Å²) in [4.78, 5) is 11.8. The average Bonchev–Trinajstić information content (AvgIpc) is 2.25. The summed E-state index contributed by atoms with van der Waals surface area (Å²) in [5.74, 6) is 0.0771. The largest absolute Gasteiger partial charge is 0.435 e. The van der Waals surface area contributed by atoms with Gasteiger partial charge in [0.05, 0.1) is 12.0 Å². The van der Waals surface area contributed by atoms with Gasteiger partial charge in [-0.1, -0.05) is 12.1 Å². The summed E-state index contributed by atoms with van der Waals surface area (Å²) in [7, 11) is 0. The highest BCUT2D eigenvalue weighted by Gasteiger charge is 2.25. The van der Waals surface area contributed by atoms with Crippen LogP contribution >= 0.6 is 0 Å². The minimum absolute atomic E-state index is 0.00273. The normalized spacial score (nSPS) is 16.8. The number of hydrogen-bond acceptors (Lipinski definition) is 3. The highest BCUT2D eigenvalue weighted by Crippen LogP contribution is 2.21. The monoisotopic (exact) mass is 270 g/mol. The molecule has 1 aliphatic heterocycles. The standard InChI is InChI=1S/C13H16F2N2O2/c1-8(17-12(18)10-6-16-7-10)9-3-2-4-11(5-9)19-13(14)15/h2-5,8,10,13,16H,6-7H2,1H3,(H,17,18). The van der Waals surface area contributed by atoms with Crippen molar-refractivity contribution in [2.45, 2.75) is 19.6 Å².